The lowest BCUT2D eigenvalue weighted by molar-refractivity contribution is 0.644. The first kappa shape index (κ1) is 12.7. The van der Waals surface area contributed by atoms with Crippen LogP contribution in [-0.2, 0) is 13.0 Å². The van der Waals surface area contributed by atoms with Crippen LogP contribution in [-0.4, -0.2) is 12.5 Å². The van der Waals surface area contributed by atoms with E-state index in [0.29, 0.717) is 0 Å². The maximum Gasteiger partial charge on any atom is 0.190 e. The van der Waals surface area contributed by atoms with Gasteiger partial charge in [0.15, 0.2) is 5.96 Å². The number of rotatable bonds is 2. The van der Waals surface area contributed by atoms with E-state index in [4.69, 9.17) is 11.1 Å². The Hall–Kier alpha value is -2.33. The summed E-state index contributed by atoms with van der Waals surface area (Å²) >= 11 is 0. The predicted molar refractivity (Wildman–Crippen MR) is 81.7 cm³/mol. The zero-order valence-electron chi connectivity index (χ0n) is 11.2. The topological polar surface area (TPSA) is 73.9 Å². The van der Waals surface area contributed by atoms with Crippen molar-refractivity contribution in [1.82, 2.24) is 5.32 Å². The van der Waals surface area contributed by atoms with Crippen LogP contribution >= 0.6 is 0 Å². The molecule has 5 N–H and O–H groups in total. The minimum atomic E-state index is -0.0585. The molecule has 1 radical (unpaired) electrons. The van der Waals surface area contributed by atoms with Crippen molar-refractivity contribution in [2.45, 2.75) is 13.0 Å². The average Bonchev–Trinajstić information content (AvgIpc) is 2.46. The van der Waals surface area contributed by atoms with Crippen LogP contribution in [0, 0.1) is 11.5 Å². The van der Waals surface area contributed by atoms with Gasteiger partial charge < -0.3 is 16.4 Å². The molecule has 0 unspecified atom stereocenters. The highest BCUT2D eigenvalue weighted by molar-refractivity contribution is 5.90. The fourth-order valence-corrected chi connectivity index (χ4v) is 2.51. The number of anilines is 1. The second-order valence-corrected chi connectivity index (χ2v) is 4.94. The number of hydrogen-bond donors (Lipinski definition) is 4. The van der Waals surface area contributed by atoms with Gasteiger partial charge in [-0.1, -0.05) is 18.2 Å². The van der Waals surface area contributed by atoms with E-state index in [2.05, 4.69) is 34.9 Å². The molecular formula is C16H17N4. The Bertz CT molecular complexity index is 649. The highest BCUT2D eigenvalue weighted by Gasteiger charge is 2.10. The Morgan fingerprint density at radius 2 is 2.15 bits per heavy atom. The molecule has 4 heteroatoms. The maximum absolute atomic E-state index is 7.28. The monoisotopic (exact) mass is 265 g/mol. The summed E-state index contributed by atoms with van der Waals surface area (Å²) in [6.45, 7) is 1.98. The molecule has 1 aliphatic heterocycles. The Kier molecular flexibility index (Phi) is 3.39. The molecule has 0 spiro atoms. The van der Waals surface area contributed by atoms with Crippen molar-refractivity contribution in [2.24, 2.45) is 5.73 Å². The van der Waals surface area contributed by atoms with Crippen LogP contribution in [0.2, 0.25) is 0 Å². The Morgan fingerprint density at radius 1 is 1.25 bits per heavy atom. The lowest BCUT2D eigenvalue weighted by Crippen LogP contribution is -2.23. The normalized spacial score (nSPS) is 13.6. The quantitative estimate of drug-likeness (QED) is 0.496. The predicted octanol–water partition coefficient (Wildman–Crippen LogP) is 2.10. The van der Waals surface area contributed by atoms with Gasteiger partial charge in [0.2, 0.25) is 0 Å². The van der Waals surface area contributed by atoms with Crippen molar-refractivity contribution >= 4 is 11.6 Å². The van der Waals surface area contributed by atoms with E-state index in [-0.39, 0.29) is 5.96 Å². The van der Waals surface area contributed by atoms with E-state index in [9.17, 15) is 0 Å². The molecule has 4 nitrogen and oxygen atoms in total. The molecule has 1 heterocycles. The molecule has 0 saturated carbocycles. The van der Waals surface area contributed by atoms with Crippen LogP contribution in [0.1, 0.15) is 11.1 Å². The standard InChI is InChI=1S/C16H17N4/c17-16(18)20-15-3-1-2-12(9-15)13-5-4-11-6-7-19-10-14(11)8-13/h1,3-5,8-9,19H,6-7,10H2,(H4,17,18,20). The third-order valence-corrected chi connectivity index (χ3v) is 3.48. The summed E-state index contributed by atoms with van der Waals surface area (Å²) < 4.78 is 0. The molecule has 0 amide bonds. The maximum atomic E-state index is 7.28. The Labute approximate surface area is 118 Å². The summed E-state index contributed by atoms with van der Waals surface area (Å²) in [6, 6.07) is 15.4. The van der Waals surface area contributed by atoms with Gasteiger partial charge in [-0.05, 0) is 59.5 Å². The first-order valence-electron chi connectivity index (χ1n) is 6.68. The zero-order chi connectivity index (χ0) is 13.9. The second kappa shape index (κ2) is 5.35. The largest absolute Gasteiger partial charge is 0.370 e. The van der Waals surface area contributed by atoms with Gasteiger partial charge in [0.25, 0.3) is 0 Å². The third kappa shape index (κ3) is 2.65. The summed E-state index contributed by atoms with van der Waals surface area (Å²) in [7, 11) is 0. The van der Waals surface area contributed by atoms with E-state index >= 15 is 0 Å². The first-order valence-corrected chi connectivity index (χ1v) is 6.68. The number of benzene rings is 2. The van der Waals surface area contributed by atoms with Gasteiger partial charge in [-0.25, -0.2) is 0 Å². The van der Waals surface area contributed by atoms with Crippen LogP contribution in [0.25, 0.3) is 11.1 Å². The van der Waals surface area contributed by atoms with Crippen LogP contribution < -0.4 is 16.4 Å². The van der Waals surface area contributed by atoms with Crippen LogP contribution in [0.4, 0.5) is 5.69 Å². The molecule has 0 atom stereocenters. The second-order valence-electron chi connectivity index (χ2n) is 4.94. The van der Waals surface area contributed by atoms with Gasteiger partial charge in [0.05, 0.1) is 0 Å². The van der Waals surface area contributed by atoms with Crippen molar-refractivity contribution in [3.63, 3.8) is 0 Å². The molecule has 0 bridgehead atoms. The summed E-state index contributed by atoms with van der Waals surface area (Å²) in [5.74, 6) is -0.0585. The van der Waals surface area contributed by atoms with Gasteiger partial charge in [0.1, 0.15) is 0 Å². The van der Waals surface area contributed by atoms with Gasteiger partial charge in [-0.3, -0.25) is 5.41 Å². The molecule has 20 heavy (non-hydrogen) atoms. The van der Waals surface area contributed by atoms with Crippen LogP contribution in [0.15, 0.2) is 36.4 Å². The Balaban J connectivity index is 1.94. The minimum absolute atomic E-state index is 0.0585. The molecule has 101 valence electrons. The molecular weight excluding hydrogens is 248 g/mol. The van der Waals surface area contributed by atoms with Gasteiger partial charge in [-0.2, -0.15) is 0 Å². The molecule has 0 fully saturated rings. The summed E-state index contributed by atoms with van der Waals surface area (Å²) in [4.78, 5) is 0. The fraction of sp³-hybridized carbons (Fsp3) is 0.188. The lowest BCUT2D eigenvalue weighted by atomic mass is 9.95. The molecule has 3 rings (SSSR count). The van der Waals surface area contributed by atoms with Crippen molar-refractivity contribution in [2.75, 3.05) is 11.9 Å². The average molecular weight is 265 g/mol. The minimum Gasteiger partial charge on any atom is -0.370 e. The summed E-state index contributed by atoms with van der Waals surface area (Å²) in [6.07, 6.45) is 1.09. The van der Waals surface area contributed by atoms with E-state index in [1.54, 1.807) is 0 Å². The molecule has 0 saturated heterocycles. The van der Waals surface area contributed by atoms with Crippen LogP contribution in [0.3, 0.4) is 0 Å². The van der Waals surface area contributed by atoms with E-state index in [1.165, 1.54) is 11.1 Å². The van der Waals surface area contributed by atoms with Gasteiger partial charge in [0, 0.05) is 12.2 Å². The van der Waals surface area contributed by atoms with E-state index < -0.39 is 0 Å². The van der Waals surface area contributed by atoms with Crippen molar-refractivity contribution < 1.29 is 0 Å². The highest BCUT2D eigenvalue weighted by Crippen LogP contribution is 2.25. The smallest absolute Gasteiger partial charge is 0.190 e. The molecule has 0 aliphatic carbocycles. The van der Waals surface area contributed by atoms with E-state index in [0.717, 1.165) is 36.3 Å². The number of guanidine groups is 1. The summed E-state index contributed by atoms with van der Waals surface area (Å²) in [5.41, 5.74) is 11.1. The van der Waals surface area contributed by atoms with Crippen molar-refractivity contribution in [3.05, 3.63) is 53.6 Å². The molecule has 0 aromatic heterocycles. The SMILES string of the molecule is N=C(N)Nc1cc[c]c(-c2ccc3c(c2)CNCC3)c1. The number of nitrogens with two attached hydrogens (primary N) is 1. The van der Waals surface area contributed by atoms with Gasteiger partial charge >= 0.3 is 0 Å². The van der Waals surface area contributed by atoms with Crippen LogP contribution in [0.5, 0.6) is 0 Å². The third-order valence-electron chi connectivity index (χ3n) is 3.48. The fourth-order valence-electron chi connectivity index (χ4n) is 2.51. The van der Waals surface area contributed by atoms with E-state index in [1.807, 2.05) is 18.2 Å². The first-order chi connectivity index (χ1) is 9.72. The zero-order valence-corrected chi connectivity index (χ0v) is 11.2. The van der Waals surface area contributed by atoms with Crippen molar-refractivity contribution in [3.8, 4) is 11.1 Å². The molecule has 1 aliphatic rings. The highest BCUT2D eigenvalue weighted by atomic mass is 15.0. The lowest BCUT2D eigenvalue weighted by Gasteiger charge is -2.18. The number of nitrogens with one attached hydrogen (secondary N) is 3. The molecule has 2 aromatic carbocycles. The number of fused-ring (bicyclic) bond motifs is 1. The number of hydrogen-bond acceptors (Lipinski definition) is 2. The molecule has 2 aromatic rings. The van der Waals surface area contributed by atoms with Crippen molar-refractivity contribution in [1.29, 1.82) is 5.41 Å². The summed E-state index contributed by atoms with van der Waals surface area (Å²) in [5, 5.41) is 13.5. The Morgan fingerprint density at radius 3 is 3.00 bits per heavy atom. The van der Waals surface area contributed by atoms with Gasteiger partial charge in [-0.15, -0.1) is 0 Å².